The minimum atomic E-state index is 0.574. The smallest absolute Gasteiger partial charge is 0.0107 e. The third-order valence-corrected chi connectivity index (χ3v) is 3.74. The number of unbranched alkanes of at least 4 members (excludes halogenated alkanes) is 1. The molecule has 1 fully saturated rings. The Morgan fingerprint density at radius 3 is 2.69 bits per heavy atom. The minimum absolute atomic E-state index is 0.574. The van der Waals surface area contributed by atoms with E-state index in [-0.39, 0.29) is 0 Å². The molecule has 0 aliphatic carbocycles. The summed E-state index contributed by atoms with van der Waals surface area (Å²) in [4.78, 5) is 2.63. The number of hydrogen-bond donors (Lipinski definition) is 1. The molecule has 0 bridgehead atoms. The standard InChI is InChI=1S/C14H30N2/c1-4-5-9-15-10-13-16-11-6-7-14(2,3)8-12-16/h15H,4-13H2,1-3H3. The molecular formula is C14H30N2. The van der Waals surface area contributed by atoms with Gasteiger partial charge in [0.1, 0.15) is 0 Å². The van der Waals surface area contributed by atoms with Crippen LogP contribution in [0.5, 0.6) is 0 Å². The zero-order valence-corrected chi connectivity index (χ0v) is 11.5. The van der Waals surface area contributed by atoms with Crippen LogP contribution in [0.2, 0.25) is 0 Å². The Morgan fingerprint density at radius 2 is 1.94 bits per heavy atom. The van der Waals surface area contributed by atoms with Crippen LogP contribution in [0.3, 0.4) is 0 Å². The van der Waals surface area contributed by atoms with E-state index in [0.29, 0.717) is 5.41 Å². The highest BCUT2D eigenvalue weighted by atomic mass is 15.1. The Hall–Kier alpha value is -0.0800. The van der Waals surface area contributed by atoms with E-state index in [9.17, 15) is 0 Å². The van der Waals surface area contributed by atoms with Gasteiger partial charge in [-0.25, -0.2) is 0 Å². The Morgan fingerprint density at radius 1 is 1.12 bits per heavy atom. The maximum atomic E-state index is 3.53. The van der Waals surface area contributed by atoms with E-state index in [1.807, 2.05) is 0 Å². The van der Waals surface area contributed by atoms with Crippen LogP contribution in [0.4, 0.5) is 0 Å². The quantitative estimate of drug-likeness (QED) is 0.701. The van der Waals surface area contributed by atoms with Gasteiger partial charge in [0.2, 0.25) is 0 Å². The van der Waals surface area contributed by atoms with Crippen molar-refractivity contribution in [1.82, 2.24) is 10.2 Å². The van der Waals surface area contributed by atoms with Gasteiger partial charge in [-0.2, -0.15) is 0 Å². The van der Waals surface area contributed by atoms with Crippen molar-refractivity contribution in [2.45, 2.75) is 52.9 Å². The van der Waals surface area contributed by atoms with Crippen LogP contribution in [-0.2, 0) is 0 Å². The molecular weight excluding hydrogens is 196 g/mol. The molecule has 1 heterocycles. The molecule has 0 aromatic heterocycles. The van der Waals surface area contributed by atoms with Crippen molar-refractivity contribution in [2.24, 2.45) is 5.41 Å². The van der Waals surface area contributed by atoms with Gasteiger partial charge >= 0.3 is 0 Å². The van der Waals surface area contributed by atoms with E-state index < -0.39 is 0 Å². The lowest BCUT2D eigenvalue weighted by molar-refractivity contribution is 0.262. The Balaban J connectivity index is 2.08. The van der Waals surface area contributed by atoms with Crippen LogP contribution in [0, 0.1) is 5.41 Å². The Bertz CT molecular complexity index is 178. The summed E-state index contributed by atoms with van der Waals surface area (Å²) in [5.74, 6) is 0. The lowest BCUT2D eigenvalue weighted by Gasteiger charge is -2.23. The molecule has 0 amide bonds. The van der Waals surface area contributed by atoms with Gasteiger partial charge in [0.05, 0.1) is 0 Å². The van der Waals surface area contributed by atoms with Gasteiger partial charge in [0.15, 0.2) is 0 Å². The summed E-state index contributed by atoms with van der Waals surface area (Å²) in [5.41, 5.74) is 0.574. The first kappa shape index (κ1) is 14.0. The van der Waals surface area contributed by atoms with Gasteiger partial charge in [-0.15, -0.1) is 0 Å². The molecule has 1 aliphatic heterocycles. The highest BCUT2D eigenvalue weighted by Crippen LogP contribution is 2.29. The van der Waals surface area contributed by atoms with Gasteiger partial charge in [-0.3, -0.25) is 0 Å². The fourth-order valence-corrected chi connectivity index (χ4v) is 2.37. The van der Waals surface area contributed by atoms with Crippen LogP contribution in [0.25, 0.3) is 0 Å². The molecule has 1 saturated heterocycles. The normalized spacial score (nSPS) is 21.9. The molecule has 96 valence electrons. The molecule has 1 N–H and O–H groups in total. The van der Waals surface area contributed by atoms with Crippen LogP contribution < -0.4 is 5.32 Å². The predicted molar refractivity (Wildman–Crippen MR) is 71.8 cm³/mol. The molecule has 0 spiro atoms. The summed E-state index contributed by atoms with van der Waals surface area (Å²) in [6.45, 7) is 13.3. The highest BCUT2D eigenvalue weighted by molar-refractivity contribution is 4.76. The minimum Gasteiger partial charge on any atom is -0.315 e. The molecule has 1 aliphatic rings. The number of nitrogens with one attached hydrogen (secondary N) is 1. The van der Waals surface area contributed by atoms with Crippen molar-refractivity contribution in [1.29, 1.82) is 0 Å². The molecule has 0 aromatic rings. The molecule has 1 rings (SSSR count). The predicted octanol–water partition coefficient (Wildman–Crippen LogP) is 2.89. The van der Waals surface area contributed by atoms with Crippen molar-refractivity contribution < 1.29 is 0 Å². The summed E-state index contributed by atoms with van der Waals surface area (Å²) in [5, 5.41) is 3.53. The third-order valence-electron chi connectivity index (χ3n) is 3.74. The second-order valence-corrected chi connectivity index (χ2v) is 5.96. The summed E-state index contributed by atoms with van der Waals surface area (Å²) in [7, 11) is 0. The molecule has 0 unspecified atom stereocenters. The maximum Gasteiger partial charge on any atom is 0.0107 e. The van der Waals surface area contributed by atoms with Gasteiger partial charge in [0, 0.05) is 13.1 Å². The Kier molecular flexibility index (Phi) is 6.37. The van der Waals surface area contributed by atoms with Crippen LogP contribution >= 0.6 is 0 Å². The van der Waals surface area contributed by atoms with Gasteiger partial charge in [-0.1, -0.05) is 27.2 Å². The second-order valence-electron chi connectivity index (χ2n) is 5.96. The summed E-state index contributed by atoms with van der Waals surface area (Å²) >= 11 is 0. The fraction of sp³-hybridized carbons (Fsp3) is 1.00. The first-order chi connectivity index (χ1) is 7.64. The van der Waals surface area contributed by atoms with E-state index in [2.05, 4.69) is 31.0 Å². The first-order valence-corrected chi connectivity index (χ1v) is 7.07. The van der Waals surface area contributed by atoms with Gasteiger partial charge in [-0.05, 0) is 50.7 Å². The van der Waals surface area contributed by atoms with E-state index in [1.54, 1.807) is 0 Å². The lowest BCUT2D eigenvalue weighted by Crippen LogP contribution is -2.33. The monoisotopic (exact) mass is 226 g/mol. The van der Waals surface area contributed by atoms with E-state index in [1.165, 1.54) is 64.8 Å². The molecule has 0 aromatic carbocycles. The fourth-order valence-electron chi connectivity index (χ4n) is 2.37. The summed E-state index contributed by atoms with van der Waals surface area (Å²) in [6, 6.07) is 0. The number of hydrogen-bond acceptors (Lipinski definition) is 2. The maximum absolute atomic E-state index is 3.53. The van der Waals surface area contributed by atoms with Crippen molar-refractivity contribution in [3.8, 4) is 0 Å². The molecule has 0 radical (unpaired) electrons. The SMILES string of the molecule is CCCCNCCN1CCCC(C)(C)CC1. The summed E-state index contributed by atoms with van der Waals surface area (Å²) < 4.78 is 0. The van der Waals surface area contributed by atoms with Crippen molar-refractivity contribution >= 4 is 0 Å². The van der Waals surface area contributed by atoms with Crippen LogP contribution in [-0.4, -0.2) is 37.6 Å². The zero-order valence-electron chi connectivity index (χ0n) is 11.5. The van der Waals surface area contributed by atoms with E-state index >= 15 is 0 Å². The average Bonchev–Trinajstić information content (AvgIpc) is 2.40. The molecule has 2 nitrogen and oxygen atoms in total. The van der Waals surface area contributed by atoms with Crippen LogP contribution in [0.15, 0.2) is 0 Å². The third kappa shape index (κ3) is 5.86. The van der Waals surface area contributed by atoms with Gasteiger partial charge in [0.25, 0.3) is 0 Å². The highest BCUT2D eigenvalue weighted by Gasteiger charge is 2.22. The number of likely N-dealkylation sites (tertiary alicyclic amines) is 1. The zero-order chi connectivity index (χ0) is 11.9. The summed E-state index contributed by atoms with van der Waals surface area (Å²) in [6.07, 6.45) is 6.74. The number of nitrogens with zero attached hydrogens (tertiary/aromatic N) is 1. The molecule has 16 heavy (non-hydrogen) atoms. The molecule has 0 saturated carbocycles. The first-order valence-electron chi connectivity index (χ1n) is 7.07. The lowest BCUT2D eigenvalue weighted by atomic mass is 9.85. The second kappa shape index (κ2) is 7.29. The number of rotatable bonds is 6. The topological polar surface area (TPSA) is 15.3 Å². The van der Waals surface area contributed by atoms with Crippen molar-refractivity contribution in [2.75, 3.05) is 32.7 Å². The largest absolute Gasteiger partial charge is 0.315 e. The van der Waals surface area contributed by atoms with Crippen LogP contribution in [0.1, 0.15) is 52.9 Å². The molecule has 2 heteroatoms. The average molecular weight is 226 g/mol. The molecule has 0 atom stereocenters. The van der Waals surface area contributed by atoms with Crippen molar-refractivity contribution in [3.63, 3.8) is 0 Å². The van der Waals surface area contributed by atoms with Gasteiger partial charge < -0.3 is 10.2 Å². The van der Waals surface area contributed by atoms with Crippen molar-refractivity contribution in [3.05, 3.63) is 0 Å². The van der Waals surface area contributed by atoms with E-state index in [0.717, 1.165) is 0 Å². The Labute approximate surface area is 102 Å². The van der Waals surface area contributed by atoms with E-state index in [4.69, 9.17) is 0 Å².